The van der Waals surface area contributed by atoms with E-state index in [-0.39, 0.29) is 30.3 Å². The zero-order chi connectivity index (χ0) is 21.8. The molecule has 0 aliphatic carbocycles. The third-order valence-electron chi connectivity index (χ3n) is 4.99. The topological polar surface area (TPSA) is 102 Å². The Kier molecular flexibility index (Phi) is 5.77. The van der Waals surface area contributed by atoms with Crippen LogP contribution in [0.4, 0.5) is 0 Å². The van der Waals surface area contributed by atoms with Crippen molar-refractivity contribution in [3.05, 3.63) is 94.7 Å². The highest BCUT2D eigenvalue weighted by Gasteiger charge is 2.30. The minimum atomic E-state index is -3.35. The molecular weight excluding hydrogens is 416 g/mol. The van der Waals surface area contributed by atoms with Crippen molar-refractivity contribution < 1.29 is 13.2 Å². The highest BCUT2D eigenvalue weighted by atomic mass is 32.2. The van der Waals surface area contributed by atoms with E-state index in [4.69, 9.17) is 0 Å². The molecule has 2 aromatic heterocycles. The predicted octanol–water partition coefficient (Wildman–Crippen LogP) is 1.64. The quantitative estimate of drug-likeness (QED) is 0.582. The van der Waals surface area contributed by atoms with E-state index in [1.54, 1.807) is 24.5 Å². The molecule has 0 N–H and O–H groups in total. The number of aromatic nitrogens is 3. The minimum absolute atomic E-state index is 0.177. The Balaban J connectivity index is 1.57. The largest absolute Gasteiger partial charge is 0.329 e. The first-order chi connectivity index (χ1) is 14.9. The number of amides is 1. The molecule has 1 aliphatic rings. The smallest absolute Gasteiger partial charge is 0.254 e. The molecule has 1 unspecified atom stereocenters. The van der Waals surface area contributed by atoms with E-state index in [1.165, 1.54) is 27.9 Å². The van der Waals surface area contributed by atoms with E-state index in [0.29, 0.717) is 5.69 Å². The highest BCUT2D eigenvalue weighted by molar-refractivity contribution is 7.94. The summed E-state index contributed by atoms with van der Waals surface area (Å²) in [7, 11) is -3.35. The van der Waals surface area contributed by atoms with Gasteiger partial charge in [0.1, 0.15) is 6.54 Å². The second-order valence-electron chi connectivity index (χ2n) is 7.21. The molecule has 1 atom stereocenters. The summed E-state index contributed by atoms with van der Waals surface area (Å²) in [6, 6.07) is 13.6. The van der Waals surface area contributed by atoms with Gasteiger partial charge in [-0.25, -0.2) is 13.4 Å². The number of nitrogens with zero attached hydrogens (tertiary/aromatic N) is 4. The maximum Gasteiger partial charge on any atom is 0.254 e. The third-order valence-corrected chi connectivity index (χ3v) is 6.37. The second-order valence-corrected chi connectivity index (χ2v) is 9.14. The van der Waals surface area contributed by atoms with Crippen LogP contribution in [-0.2, 0) is 27.7 Å². The van der Waals surface area contributed by atoms with Crippen LogP contribution in [-0.4, -0.2) is 45.6 Å². The first kappa shape index (κ1) is 20.7. The van der Waals surface area contributed by atoms with Crippen molar-refractivity contribution in [2.45, 2.75) is 19.1 Å². The molecule has 0 spiro atoms. The monoisotopic (exact) mass is 436 g/mol. The Labute approximate surface area is 179 Å². The Morgan fingerprint density at radius 3 is 2.52 bits per heavy atom. The molecule has 9 heteroatoms. The van der Waals surface area contributed by atoms with Crippen LogP contribution in [0.2, 0.25) is 0 Å². The predicted molar refractivity (Wildman–Crippen MR) is 115 cm³/mol. The van der Waals surface area contributed by atoms with Gasteiger partial charge in [-0.05, 0) is 23.8 Å². The molecule has 3 heterocycles. The van der Waals surface area contributed by atoms with Gasteiger partial charge in [0.15, 0.2) is 9.84 Å². The van der Waals surface area contributed by atoms with Crippen molar-refractivity contribution >= 4 is 15.7 Å². The van der Waals surface area contributed by atoms with Crippen LogP contribution >= 0.6 is 0 Å². The van der Waals surface area contributed by atoms with Gasteiger partial charge in [0.25, 0.3) is 5.56 Å². The molecule has 4 rings (SSSR count). The van der Waals surface area contributed by atoms with Crippen LogP contribution in [0, 0.1) is 0 Å². The summed E-state index contributed by atoms with van der Waals surface area (Å²) >= 11 is 0. The molecule has 158 valence electrons. The van der Waals surface area contributed by atoms with Gasteiger partial charge in [-0.15, -0.1) is 0 Å². The fourth-order valence-electron chi connectivity index (χ4n) is 3.38. The summed E-state index contributed by atoms with van der Waals surface area (Å²) in [5, 5.41) is 1.13. The maximum absolute atomic E-state index is 13.1. The normalized spacial score (nSPS) is 16.8. The molecule has 0 radical (unpaired) electrons. The molecule has 0 saturated heterocycles. The van der Waals surface area contributed by atoms with Crippen molar-refractivity contribution in [1.29, 1.82) is 0 Å². The molecule has 1 aromatic carbocycles. The first-order valence-corrected chi connectivity index (χ1v) is 11.3. The SMILES string of the molecule is O=C(Cn1cnc(-c2ccccc2)cc1=O)N(Cc1ccncc1)C1C=CS(=O)(=O)C1. The van der Waals surface area contributed by atoms with Crippen LogP contribution in [0.1, 0.15) is 5.56 Å². The van der Waals surface area contributed by atoms with Gasteiger partial charge in [0.2, 0.25) is 5.91 Å². The van der Waals surface area contributed by atoms with Gasteiger partial charge >= 0.3 is 0 Å². The van der Waals surface area contributed by atoms with E-state index < -0.39 is 15.9 Å². The molecule has 1 amide bonds. The number of benzene rings is 1. The lowest BCUT2D eigenvalue weighted by Crippen LogP contribution is -2.43. The number of carbonyl (C=O) groups excluding carboxylic acids is 1. The summed E-state index contributed by atoms with van der Waals surface area (Å²) in [5.41, 5.74) is 1.78. The van der Waals surface area contributed by atoms with Gasteiger partial charge in [0.05, 0.1) is 23.8 Å². The van der Waals surface area contributed by atoms with Crippen LogP contribution in [0.3, 0.4) is 0 Å². The Morgan fingerprint density at radius 1 is 1.13 bits per heavy atom. The van der Waals surface area contributed by atoms with Gasteiger partial charge in [-0.3, -0.25) is 19.1 Å². The molecule has 31 heavy (non-hydrogen) atoms. The molecule has 1 aliphatic heterocycles. The average molecular weight is 436 g/mol. The van der Waals surface area contributed by atoms with Crippen molar-refractivity contribution in [2.75, 3.05) is 5.75 Å². The summed E-state index contributed by atoms with van der Waals surface area (Å²) < 4.78 is 25.0. The maximum atomic E-state index is 13.1. The fourth-order valence-corrected chi connectivity index (χ4v) is 4.68. The molecular formula is C22H20N4O4S. The molecule has 0 bridgehead atoms. The van der Waals surface area contributed by atoms with Crippen LogP contribution in [0.5, 0.6) is 0 Å². The first-order valence-electron chi connectivity index (χ1n) is 9.62. The van der Waals surface area contributed by atoms with Crippen LogP contribution in [0.15, 0.2) is 83.5 Å². The molecule has 8 nitrogen and oxygen atoms in total. The van der Waals surface area contributed by atoms with Gasteiger partial charge in [-0.1, -0.05) is 30.3 Å². The average Bonchev–Trinajstić information content (AvgIpc) is 3.14. The van der Waals surface area contributed by atoms with Gasteiger partial charge in [0, 0.05) is 36.0 Å². The lowest BCUT2D eigenvalue weighted by atomic mass is 10.1. The van der Waals surface area contributed by atoms with Crippen LogP contribution < -0.4 is 5.56 Å². The number of hydrogen-bond donors (Lipinski definition) is 0. The lowest BCUT2D eigenvalue weighted by molar-refractivity contribution is -0.133. The van der Waals surface area contributed by atoms with Crippen molar-refractivity contribution in [1.82, 2.24) is 19.4 Å². The zero-order valence-electron chi connectivity index (χ0n) is 16.5. The number of pyridine rings is 1. The number of hydrogen-bond acceptors (Lipinski definition) is 6. The Bertz CT molecular complexity index is 1270. The Morgan fingerprint density at radius 2 is 1.87 bits per heavy atom. The third kappa shape index (κ3) is 4.95. The van der Waals surface area contributed by atoms with Gasteiger partial charge in [-0.2, -0.15) is 0 Å². The number of sulfone groups is 1. The highest BCUT2D eigenvalue weighted by Crippen LogP contribution is 2.18. The molecule has 0 saturated carbocycles. The fraction of sp³-hybridized carbons (Fsp3) is 0.182. The van der Waals surface area contributed by atoms with Crippen molar-refractivity contribution in [3.8, 4) is 11.3 Å². The van der Waals surface area contributed by atoms with E-state index >= 15 is 0 Å². The molecule has 0 fully saturated rings. The summed E-state index contributed by atoms with van der Waals surface area (Å²) in [6.45, 7) is -0.0352. The Hall–Kier alpha value is -3.59. The van der Waals surface area contributed by atoms with Gasteiger partial charge < -0.3 is 4.90 Å². The lowest BCUT2D eigenvalue weighted by Gasteiger charge is -2.28. The van der Waals surface area contributed by atoms with E-state index in [9.17, 15) is 18.0 Å². The molecule has 3 aromatic rings. The van der Waals surface area contributed by atoms with E-state index in [1.807, 2.05) is 30.3 Å². The van der Waals surface area contributed by atoms with Crippen LogP contribution in [0.25, 0.3) is 11.3 Å². The number of rotatable bonds is 6. The number of carbonyl (C=O) groups is 1. The minimum Gasteiger partial charge on any atom is -0.329 e. The zero-order valence-corrected chi connectivity index (χ0v) is 17.4. The van der Waals surface area contributed by atoms with E-state index in [0.717, 1.165) is 16.5 Å². The van der Waals surface area contributed by atoms with Crippen molar-refractivity contribution in [3.63, 3.8) is 0 Å². The van der Waals surface area contributed by atoms with E-state index in [2.05, 4.69) is 9.97 Å². The standard InChI is InChI=1S/C22H20N4O4S/c27-21-12-20(18-4-2-1-3-5-18)24-16-25(21)14-22(28)26(13-17-6-9-23-10-7-17)19-8-11-31(29,30)15-19/h1-12,16,19H,13-15H2. The summed E-state index contributed by atoms with van der Waals surface area (Å²) in [6.07, 6.45) is 6.06. The summed E-state index contributed by atoms with van der Waals surface area (Å²) in [5.74, 6) is -0.552. The second kappa shape index (κ2) is 8.65. The summed E-state index contributed by atoms with van der Waals surface area (Å²) in [4.78, 5) is 35.4. The van der Waals surface area contributed by atoms with Crippen molar-refractivity contribution in [2.24, 2.45) is 0 Å².